The Morgan fingerprint density at radius 2 is 1.62 bits per heavy atom. The van der Waals surface area contributed by atoms with Gasteiger partial charge in [0.15, 0.2) is 15.5 Å². The first kappa shape index (κ1) is 21.4. The third-order valence-corrected chi connectivity index (χ3v) is 6.07. The predicted octanol–water partition coefficient (Wildman–Crippen LogP) is 5.31. The number of alkyl halides is 3. The molecule has 0 atom stereocenters. The second-order valence-corrected chi connectivity index (χ2v) is 9.11. The van der Waals surface area contributed by atoms with Gasteiger partial charge < -0.3 is 0 Å². The summed E-state index contributed by atoms with van der Waals surface area (Å²) in [5, 5.41) is 3.54. The Labute approximate surface area is 171 Å². The van der Waals surface area contributed by atoms with Gasteiger partial charge in [-0.05, 0) is 48.9 Å². The van der Waals surface area contributed by atoms with Crippen LogP contribution in [0.15, 0.2) is 45.8 Å². The molecule has 0 unspecified atom stereocenters. The van der Waals surface area contributed by atoms with Crippen LogP contribution in [-0.4, -0.2) is 24.5 Å². The molecule has 11 heteroatoms. The van der Waals surface area contributed by atoms with Crippen LogP contribution in [-0.2, 0) is 16.0 Å². The molecule has 0 N–H and O–H groups in total. The molecule has 0 fully saturated rings. The van der Waals surface area contributed by atoms with Crippen molar-refractivity contribution in [3.05, 3.63) is 63.8 Å². The van der Waals surface area contributed by atoms with Crippen LogP contribution in [0, 0.1) is 18.6 Å². The van der Waals surface area contributed by atoms with Crippen LogP contribution in [0.3, 0.4) is 0 Å². The summed E-state index contributed by atoms with van der Waals surface area (Å²) in [6.45, 7) is 1.71. The second kappa shape index (κ2) is 7.21. The van der Waals surface area contributed by atoms with Gasteiger partial charge in [-0.15, -0.1) is 0 Å². The number of aromatic nitrogens is 2. The second-order valence-electron chi connectivity index (χ2n) is 6.30. The van der Waals surface area contributed by atoms with E-state index in [1.54, 1.807) is 19.1 Å². The molecule has 4 nitrogen and oxygen atoms in total. The number of nitrogens with zero attached hydrogens (tertiary/aromatic N) is 2. The van der Waals surface area contributed by atoms with E-state index in [0.717, 1.165) is 4.68 Å². The fourth-order valence-electron chi connectivity index (χ4n) is 2.74. The van der Waals surface area contributed by atoms with E-state index in [2.05, 4.69) is 21.0 Å². The lowest BCUT2D eigenvalue weighted by atomic mass is 10.1. The summed E-state index contributed by atoms with van der Waals surface area (Å²) in [6, 6.07) is 6.59. The molecule has 0 aliphatic rings. The highest BCUT2D eigenvalue weighted by molar-refractivity contribution is 9.10. The highest BCUT2D eigenvalue weighted by atomic mass is 79.9. The van der Waals surface area contributed by atoms with Crippen molar-refractivity contribution in [3.8, 4) is 16.9 Å². The number of sulfone groups is 1. The minimum absolute atomic E-state index is 0.226. The summed E-state index contributed by atoms with van der Waals surface area (Å²) in [6.07, 6.45) is -4.17. The van der Waals surface area contributed by atoms with Crippen molar-refractivity contribution < 1.29 is 30.4 Å². The van der Waals surface area contributed by atoms with Crippen LogP contribution in [0.1, 0.15) is 11.3 Å². The van der Waals surface area contributed by atoms with Gasteiger partial charge in [-0.25, -0.2) is 21.9 Å². The van der Waals surface area contributed by atoms with E-state index in [0.29, 0.717) is 34.5 Å². The summed E-state index contributed by atoms with van der Waals surface area (Å²) >= 11 is 3.28. The number of benzene rings is 2. The van der Waals surface area contributed by atoms with E-state index in [9.17, 15) is 30.4 Å². The van der Waals surface area contributed by atoms with Crippen molar-refractivity contribution in [2.75, 3.05) is 6.26 Å². The maximum atomic E-state index is 14.3. The van der Waals surface area contributed by atoms with Crippen molar-refractivity contribution in [2.45, 2.75) is 18.0 Å². The number of hydrogen-bond donors (Lipinski definition) is 0. The lowest BCUT2D eigenvalue weighted by Crippen LogP contribution is -2.08. The Hall–Kier alpha value is -2.27. The summed E-state index contributed by atoms with van der Waals surface area (Å²) in [7, 11) is -4.21. The third kappa shape index (κ3) is 4.20. The van der Waals surface area contributed by atoms with Crippen molar-refractivity contribution in [1.29, 1.82) is 0 Å². The van der Waals surface area contributed by atoms with Crippen LogP contribution in [0.2, 0.25) is 0 Å². The van der Waals surface area contributed by atoms with Crippen molar-refractivity contribution in [2.24, 2.45) is 0 Å². The molecule has 0 saturated carbocycles. The largest absolute Gasteiger partial charge is 0.435 e. The number of hydrogen-bond acceptors (Lipinski definition) is 3. The monoisotopic (exact) mass is 494 g/mol. The Kier molecular flexibility index (Phi) is 5.33. The molecule has 0 spiro atoms. The Balaban J connectivity index is 2.29. The third-order valence-electron chi connectivity index (χ3n) is 4.05. The van der Waals surface area contributed by atoms with E-state index in [1.807, 2.05) is 0 Å². The van der Waals surface area contributed by atoms with Crippen LogP contribution in [0.25, 0.3) is 16.9 Å². The average molecular weight is 495 g/mol. The van der Waals surface area contributed by atoms with E-state index < -0.39 is 38.2 Å². The molecular formula is C18H12BrF5N2O2S. The van der Waals surface area contributed by atoms with Crippen LogP contribution in [0.4, 0.5) is 22.0 Å². The zero-order valence-electron chi connectivity index (χ0n) is 14.9. The highest BCUT2D eigenvalue weighted by Crippen LogP contribution is 2.35. The molecule has 154 valence electrons. The molecule has 3 rings (SSSR count). The normalized spacial score (nSPS) is 12.4. The van der Waals surface area contributed by atoms with Crippen LogP contribution < -0.4 is 0 Å². The molecule has 0 amide bonds. The Morgan fingerprint density at radius 1 is 1.03 bits per heavy atom. The summed E-state index contributed by atoms with van der Waals surface area (Å²) in [4.78, 5) is -1.15. The molecule has 0 saturated heterocycles. The van der Waals surface area contributed by atoms with Crippen LogP contribution >= 0.6 is 15.9 Å². The molecule has 3 aromatic rings. The molecule has 1 aromatic heterocycles. The molecule has 2 aromatic carbocycles. The van der Waals surface area contributed by atoms with Gasteiger partial charge in [-0.1, -0.05) is 15.9 Å². The number of halogens is 6. The first-order valence-electron chi connectivity index (χ1n) is 7.92. The van der Waals surface area contributed by atoms with Gasteiger partial charge in [0.25, 0.3) is 0 Å². The smallest absolute Gasteiger partial charge is 0.232 e. The highest BCUT2D eigenvalue weighted by Gasteiger charge is 2.35. The first-order chi connectivity index (χ1) is 13.3. The minimum atomic E-state index is -4.80. The summed E-state index contributed by atoms with van der Waals surface area (Å²) in [5.74, 6) is -2.81. The fourth-order valence-corrected chi connectivity index (χ4v) is 3.82. The van der Waals surface area contributed by atoms with E-state index in [1.165, 1.54) is 6.07 Å². The summed E-state index contributed by atoms with van der Waals surface area (Å²) < 4.78 is 93.0. The van der Waals surface area contributed by atoms with Gasteiger partial charge in [0.1, 0.15) is 16.5 Å². The van der Waals surface area contributed by atoms with Gasteiger partial charge in [0, 0.05) is 16.3 Å². The maximum absolute atomic E-state index is 14.3. The molecule has 0 aliphatic carbocycles. The van der Waals surface area contributed by atoms with Gasteiger partial charge in [0.05, 0.1) is 11.4 Å². The first-order valence-corrected chi connectivity index (χ1v) is 10.6. The zero-order valence-corrected chi connectivity index (χ0v) is 17.3. The topological polar surface area (TPSA) is 52.0 Å². The van der Waals surface area contributed by atoms with Crippen molar-refractivity contribution in [3.63, 3.8) is 0 Å². The standard InChI is InChI=1S/C18H12BrF5N2O2S/c1-9-5-11(3-4-12(9)19)26-15(8-16(25-26)18(22,23)24)10-6-13(20)17(14(21)7-10)29(2,27)28/h3-8H,1-2H3. The van der Waals surface area contributed by atoms with Gasteiger partial charge in [-0.3, -0.25) is 0 Å². The van der Waals surface area contributed by atoms with Gasteiger partial charge in [0.2, 0.25) is 0 Å². The molecule has 0 aliphatic heterocycles. The lowest BCUT2D eigenvalue weighted by molar-refractivity contribution is -0.141. The minimum Gasteiger partial charge on any atom is -0.232 e. The summed E-state index contributed by atoms with van der Waals surface area (Å²) in [5.41, 5.74) is -0.888. The molecule has 0 radical (unpaired) electrons. The molecule has 1 heterocycles. The van der Waals surface area contributed by atoms with E-state index in [-0.39, 0.29) is 16.9 Å². The number of aryl methyl sites for hydroxylation is 1. The SMILES string of the molecule is Cc1cc(-n2nc(C(F)(F)F)cc2-c2cc(F)c(S(C)(=O)=O)c(F)c2)ccc1Br. The van der Waals surface area contributed by atoms with Crippen LogP contribution in [0.5, 0.6) is 0 Å². The molecule has 0 bridgehead atoms. The quantitative estimate of drug-likeness (QED) is 0.463. The Morgan fingerprint density at radius 3 is 2.10 bits per heavy atom. The average Bonchev–Trinajstić information content (AvgIpc) is 3.01. The Bertz CT molecular complexity index is 1200. The van der Waals surface area contributed by atoms with Crippen molar-refractivity contribution in [1.82, 2.24) is 9.78 Å². The predicted molar refractivity (Wildman–Crippen MR) is 99.5 cm³/mol. The molecule has 29 heavy (non-hydrogen) atoms. The fraction of sp³-hybridized carbons (Fsp3) is 0.167. The van der Waals surface area contributed by atoms with E-state index >= 15 is 0 Å². The lowest BCUT2D eigenvalue weighted by Gasteiger charge is -2.11. The maximum Gasteiger partial charge on any atom is 0.435 e. The van der Waals surface area contributed by atoms with Crippen molar-refractivity contribution >= 4 is 25.8 Å². The molecular weight excluding hydrogens is 483 g/mol. The van der Waals surface area contributed by atoms with E-state index in [4.69, 9.17) is 0 Å². The van der Waals surface area contributed by atoms with Gasteiger partial charge >= 0.3 is 6.18 Å². The zero-order chi connectivity index (χ0) is 21.7. The van der Waals surface area contributed by atoms with Gasteiger partial charge in [-0.2, -0.15) is 18.3 Å². The number of rotatable bonds is 3.